The highest BCUT2D eigenvalue weighted by molar-refractivity contribution is 7.62. The molecule has 0 amide bonds. The molecule has 0 aromatic heterocycles. The fourth-order valence-corrected chi connectivity index (χ4v) is 7.90. The molecule has 266 valence electrons. The summed E-state index contributed by atoms with van der Waals surface area (Å²) < 4.78 is 27.7. The topological polar surface area (TPSA) is 55.8 Å². The van der Waals surface area contributed by atoms with Crippen LogP contribution in [0.15, 0.2) is 60.7 Å². The molecular formula is C43H65O4P. The Morgan fingerprint density at radius 1 is 0.625 bits per heavy atom. The Morgan fingerprint density at radius 2 is 1.04 bits per heavy atom. The highest BCUT2D eigenvalue weighted by Crippen LogP contribution is 2.49. The molecule has 4 nitrogen and oxygen atoms in total. The van der Waals surface area contributed by atoms with E-state index < -0.39 is 7.60 Å². The summed E-state index contributed by atoms with van der Waals surface area (Å²) in [6.07, 6.45) is 9.44. The summed E-state index contributed by atoms with van der Waals surface area (Å²) in [5, 5.41) is 11.8. The average molecular weight is 677 g/mol. The van der Waals surface area contributed by atoms with E-state index in [-0.39, 0.29) is 28.3 Å². The van der Waals surface area contributed by atoms with Crippen LogP contribution in [0.1, 0.15) is 162 Å². The Kier molecular flexibility index (Phi) is 13.3. The summed E-state index contributed by atoms with van der Waals surface area (Å²) in [6, 6.07) is 20.0. The molecule has 1 unspecified atom stereocenters. The van der Waals surface area contributed by atoms with E-state index in [1.54, 1.807) is 0 Å². The molecule has 0 radical (unpaired) electrons. The number of aromatic hydroxyl groups is 1. The van der Waals surface area contributed by atoms with Crippen LogP contribution in [0.5, 0.6) is 11.5 Å². The third kappa shape index (κ3) is 10.5. The molecule has 0 aliphatic rings. The second-order valence-corrected chi connectivity index (χ2v) is 19.1. The van der Waals surface area contributed by atoms with Crippen molar-refractivity contribution in [2.24, 2.45) is 0 Å². The van der Waals surface area contributed by atoms with Crippen molar-refractivity contribution in [3.05, 3.63) is 88.5 Å². The van der Waals surface area contributed by atoms with Crippen LogP contribution in [0.4, 0.5) is 0 Å². The summed E-state index contributed by atoms with van der Waals surface area (Å²) in [5.74, 6) is 0.833. The number of phenols is 1. The average Bonchev–Trinajstić information content (AvgIpc) is 3.00. The van der Waals surface area contributed by atoms with Gasteiger partial charge in [-0.15, -0.1) is 0 Å². The lowest BCUT2D eigenvalue weighted by atomic mass is 9.78. The largest absolute Gasteiger partial charge is 0.507 e. The van der Waals surface area contributed by atoms with Crippen LogP contribution in [-0.2, 0) is 37.4 Å². The molecular weight excluding hydrogens is 611 g/mol. The van der Waals surface area contributed by atoms with Gasteiger partial charge in [0.05, 0.1) is 11.9 Å². The fourth-order valence-electron chi connectivity index (χ4n) is 6.36. The highest BCUT2D eigenvalue weighted by atomic mass is 31.2. The van der Waals surface area contributed by atoms with Gasteiger partial charge in [0.25, 0.3) is 0 Å². The zero-order chi connectivity index (χ0) is 36.0. The molecule has 0 heterocycles. The van der Waals surface area contributed by atoms with Gasteiger partial charge in [-0.1, -0.05) is 146 Å². The van der Waals surface area contributed by atoms with Gasteiger partial charge in [-0.2, -0.15) is 0 Å². The lowest BCUT2D eigenvalue weighted by Gasteiger charge is -2.29. The van der Waals surface area contributed by atoms with Gasteiger partial charge in [-0.3, -0.25) is 4.52 Å². The molecule has 1 atom stereocenters. The van der Waals surface area contributed by atoms with Crippen LogP contribution in [0.25, 0.3) is 0 Å². The normalized spacial score (nSPS) is 14.2. The number of rotatable bonds is 16. The summed E-state index contributed by atoms with van der Waals surface area (Å²) >= 11 is 0. The maximum atomic E-state index is 14.9. The van der Waals surface area contributed by atoms with Gasteiger partial charge in [0.1, 0.15) is 11.5 Å². The molecule has 3 aromatic rings. The molecule has 0 saturated carbocycles. The zero-order valence-corrected chi connectivity index (χ0v) is 33.2. The molecule has 0 bridgehead atoms. The quantitative estimate of drug-likeness (QED) is 0.121. The maximum Gasteiger partial charge on any atom is 0.411 e. The van der Waals surface area contributed by atoms with E-state index in [0.717, 1.165) is 29.5 Å². The molecule has 0 aliphatic heterocycles. The van der Waals surface area contributed by atoms with Gasteiger partial charge in [0.15, 0.2) is 0 Å². The van der Waals surface area contributed by atoms with Crippen molar-refractivity contribution in [1.82, 2.24) is 0 Å². The van der Waals surface area contributed by atoms with Crippen molar-refractivity contribution in [2.75, 3.05) is 0 Å². The van der Waals surface area contributed by atoms with E-state index in [0.29, 0.717) is 16.8 Å². The second kappa shape index (κ2) is 16.0. The van der Waals surface area contributed by atoms with E-state index in [4.69, 9.17) is 9.05 Å². The molecule has 3 rings (SSSR count). The first kappa shape index (κ1) is 39.9. The maximum absolute atomic E-state index is 14.9. The van der Waals surface area contributed by atoms with Crippen molar-refractivity contribution in [3.8, 4) is 11.5 Å². The lowest BCUT2D eigenvalue weighted by Crippen LogP contribution is -2.20. The predicted octanol–water partition coefficient (Wildman–Crippen LogP) is 12.8. The van der Waals surface area contributed by atoms with E-state index >= 15 is 0 Å². The van der Waals surface area contributed by atoms with Gasteiger partial charge in [0.2, 0.25) is 0 Å². The Morgan fingerprint density at radius 3 is 1.44 bits per heavy atom. The number of phenolic OH excluding ortho intramolecular Hbond substituents is 1. The first-order chi connectivity index (χ1) is 22.2. The van der Waals surface area contributed by atoms with Crippen LogP contribution in [0, 0.1) is 0 Å². The van der Waals surface area contributed by atoms with Crippen molar-refractivity contribution in [3.63, 3.8) is 0 Å². The predicted molar refractivity (Wildman–Crippen MR) is 205 cm³/mol. The van der Waals surface area contributed by atoms with Gasteiger partial charge >= 0.3 is 7.60 Å². The van der Waals surface area contributed by atoms with Gasteiger partial charge in [0, 0.05) is 0 Å². The minimum atomic E-state index is -3.82. The van der Waals surface area contributed by atoms with Crippen molar-refractivity contribution < 1.29 is 18.7 Å². The van der Waals surface area contributed by atoms with E-state index in [2.05, 4.69) is 107 Å². The minimum Gasteiger partial charge on any atom is -0.507 e. The molecule has 3 aromatic carbocycles. The highest BCUT2D eigenvalue weighted by Gasteiger charge is 2.33. The molecule has 48 heavy (non-hydrogen) atoms. The molecule has 0 fully saturated rings. The minimum absolute atomic E-state index is 0.0118. The summed E-state index contributed by atoms with van der Waals surface area (Å²) in [7, 11) is -3.82. The summed E-state index contributed by atoms with van der Waals surface area (Å²) in [4.78, 5) is 0. The number of hydrogen-bond donors (Lipinski definition) is 1. The monoisotopic (exact) mass is 676 g/mol. The SMILES string of the molecule is CCCCCC(C)(C)c1ccc(OP(=O)(OCc2cc(C(C)(C)C)c(O)c(C(C)(C)C)c2)c2ccc(C(C)(C)CCCCC)cc2)cc1. The summed E-state index contributed by atoms with van der Waals surface area (Å²) in [6.45, 7) is 26.2. The first-order valence-electron chi connectivity index (χ1n) is 18.3. The van der Waals surface area contributed by atoms with Crippen molar-refractivity contribution >= 4 is 12.9 Å². The Balaban J connectivity index is 2.01. The molecule has 0 saturated heterocycles. The molecule has 0 spiro atoms. The molecule has 1 N–H and O–H groups in total. The van der Waals surface area contributed by atoms with Crippen LogP contribution in [0.3, 0.4) is 0 Å². The van der Waals surface area contributed by atoms with Crippen LogP contribution < -0.4 is 9.83 Å². The third-order valence-corrected chi connectivity index (χ3v) is 11.7. The van der Waals surface area contributed by atoms with Gasteiger partial charge in [-0.25, -0.2) is 4.57 Å². The Labute approximate surface area is 293 Å². The Hall–Kier alpha value is -2.55. The lowest BCUT2D eigenvalue weighted by molar-refractivity contribution is 0.264. The van der Waals surface area contributed by atoms with E-state index in [1.807, 2.05) is 36.4 Å². The number of benzene rings is 3. The van der Waals surface area contributed by atoms with Crippen LogP contribution in [0.2, 0.25) is 0 Å². The molecule has 0 aliphatic carbocycles. The Bertz CT molecular complexity index is 1470. The number of unbranched alkanes of at least 4 members (excludes halogenated alkanes) is 4. The smallest absolute Gasteiger partial charge is 0.411 e. The van der Waals surface area contributed by atoms with Crippen molar-refractivity contribution in [1.29, 1.82) is 0 Å². The zero-order valence-electron chi connectivity index (χ0n) is 32.3. The van der Waals surface area contributed by atoms with Crippen LogP contribution in [-0.4, -0.2) is 5.11 Å². The standard InChI is InChI=1S/C43H65O4P/c1-13-15-17-27-42(9,10)33-19-23-35(24-20-33)47-48(45,36-25-21-34(22-26-36)43(11,12)28-18-16-14-2)46-31-32-29-37(40(3,4)5)39(44)38(30-32)41(6,7)8/h19-26,29-30,44H,13-18,27-28,31H2,1-12H3. The number of hydrogen-bond acceptors (Lipinski definition) is 4. The first-order valence-corrected chi connectivity index (χ1v) is 19.8. The second-order valence-electron chi connectivity index (χ2n) is 17.2. The van der Waals surface area contributed by atoms with E-state index in [1.165, 1.54) is 49.7 Å². The van der Waals surface area contributed by atoms with Crippen LogP contribution >= 0.6 is 7.60 Å². The van der Waals surface area contributed by atoms with Gasteiger partial charge < -0.3 is 9.63 Å². The van der Waals surface area contributed by atoms with Crippen molar-refractivity contribution in [2.45, 2.75) is 163 Å². The fraction of sp³-hybridized carbons (Fsp3) is 0.581. The van der Waals surface area contributed by atoms with E-state index in [9.17, 15) is 9.67 Å². The molecule has 5 heteroatoms. The summed E-state index contributed by atoms with van der Waals surface area (Å²) in [5.41, 5.74) is 4.48. The third-order valence-electron chi connectivity index (χ3n) is 9.82. The van der Waals surface area contributed by atoms with Gasteiger partial charge in [-0.05, 0) is 98.7 Å².